The molecule has 2 aromatic rings. The van der Waals surface area contributed by atoms with Crippen LogP contribution in [0.4, 0.5) is 10.1 Å². The molecule has 1 atom stereocenters. The van der Waals surface area contributed by atoms with E-state index in [1.54, 1.807) is 30.3 Å². The normalized spacial score (nSPS) is 19.6. The predicted molar refractivity (Wildman–Crippen MR) is 116 cm³/mol. The molecule has 0 unspecified atom stereocenters. The smallest absolute Gasteiger partial charge is 0.264 e. The summed E-state index contributed by atoms with van der Waals surface area (Å²) in [6, 6.07) is 10.1. The standard InChI is InChI=1S/C24H27FN2O5/c1-30-19-11-8-12-20(31-2)21(19)23(29)27-18(15-32-24(27)13-6-3-7-14-24)22(28)26-17-10-5-4-9-16(17)25/h4-5,8-12,18H,3,6-7,13-15H2,1-2H3,(H,26,28)/t18-/m0/s1. The Morgan fingerprint density at radius 3 is 2.31 bits per heavy atom. The number of amides is 2. The number of carbonyl (C=O) groups is 2. The minimum Gasteiger partial charge on any atom is -0.496 e. The number of halogens is 1. The molecule has 1 aliphatic heterocycles. The number of ether oxygens (including phenoxy) is 3. The molecule has 1 saturated heterocycles. The third-order valence-electron chi connectivity index (χ3n) is 6.19. The summed E-state index contributed by atoms with van der Waals surface area (Å²) in [5.74, 6) is -0.760. The Hall–Kier alpha value is -3.13. The van der Waals surface area contributed by atoms with Crippen molar-refractivity contribution in [1.82, 2.24) is 4.90 Å². The summed E-state index contributed by atoms with van der Waals surface area (Å²) in [7, 11) is 2.95. The van der Waals surface area contributed by atoms with Crippen LogP contribution in [0.15, 0.2) is 42.5 Å². The van der Waals surface area contributed by atoms with Crippen LogP contribution in [0.3, 0.4) is 0 Å². The van der Waals surface area contributed by atoms with E-state index in [4.69, 9.17) is 14.2 Å². The molecule has 2 amide bonds. The average molecular weight is 442 g/mol. The van der Waals surface area contributed by atoms with Gasteiger partial charge in [0.2, 0.25) is 5.91 Å². The Morgan fingerprint density at radius 1 is 1.03 bits per heavy atom. The van der Waals surface area contributed by atoms with Crippen molar-refractivity contribution in [3.8, 4) is 11.5 Å². The Labute approximate surface area is 186 Å². The largest absolute Gasteiger partial charge is 0.496 e. The van der Waals surface area contributed by atoms with Gasteiger partial charge in [-0.1, -0.05) is 24.6 Å². The Morgan fingerprint density at radius 2 is 1.69 bits per heavy atom. The highest BCUT2D eigenvalue weighted by Crippen LogP contribution is 2.43. The number of para-hydroxylation sites is 1. The van der Waals surface area contributed by atoms with Crippen LogP contribution >= 0.6 is 0 Å². The molecule has 1 aliphatic carbocycles. The van der Waals surface area contributed by atoms with Crippen LogP contribution in [0.1, 0.15) is 42.5 Å². The molecule has 2 aliphatic rings. The van der Waals surface area contributed by atoms with Gasteiger partial charge in [-0.2, -0.15) is 0 Å². The molecule has 7 nitrogen and oxygen atoms in total. The molecular weight excluding hydrogens is 415 g/mol. The third-order valence-corrected chi connectivity index (χ3v) is 6.19. The predicted octanol–water partition coefficient (Wildman–Crippen LogP) is 3.98. The summed E-state index contributed by atoms with van der Waals surface area (Å²) in [4.78, 5) is 28.7. The maximum Gasteiger partial charge on any atom is 0.264 e. The summed E-state index contributed by atoms with van der Waals surface area (Å²) >= 11 is 0. The second kappa shape index (κ2) is 9.16. The molecule has 4 rings (SSSR count). The van der Waals surface area contributed by atoms with Crippen molar-refractivity contribution >= 4 is 17.5 Å². The van der Waals surface area contributed by atoms with Crippen LogP contribution in [0.25, 0.3) is 0 Å². The molecule has 1 heterocycles. The van der Waals surface area contributed by atoms with Crippen molar-refractivity contribution in [1.29, 1.82) is 0 Å². The van der Waals surface area contributed by atoms with Gasteiger partial charge >= 0.3 is 0 Å². The lowest BCUT2D eigenvalue weighted by Gasteiger charge is -2.41. The second-order valence-corrected chi connectivity index (χ2v) is 8.02. The molecule has 1 spiro atoms. The molecule has 0 aromatic heterocycles. The van der Waals surface area contributed by atoms with Gasteiger partial charge in [0.1, 0.15) is 34.6 Å². The van der Waals surface area contributed by atoms with E-state index < -0.39 is 29.4 Å². The molecular formula is C24H27FN2O5. The number of nitrogens with zero attached hydrogens (tertiary/aromatic N) is 1. The fourth-order valence-corrected chi connectivity index (χ4v) is 4.63. The van der Waals surface area contributed by atoms with Crippen molar-refractivity contribution < 1.29 is 28.2 Å². The summed E-state index contributed by atoms with van der Waals surface area (Å²) < 4.78 is 31.2. The van der Waals surface area contributed by atoms with Gasteiger partial charge in [-0.3, -0.25) is 14.5 Å². The monoisotopic (exact) mass is 442 g/mol. The number of methoxy groups -OCH3 is 2. The van der Waals surface area contributed by atoms with Gasteiger partial charge in [-0.25, -0.2) is 4.39 Å². The lowest BCUT2D eigenvalue weighted by atomic mass is 9.89. The van der Waals surface area contributed by atoms with Gasteiger partial charge in [0.05, 0.1) is 26.5 Å². The summed E-state index contributed by atoms with van der Waals surface area (Å²) in [6.45, 7) is 0.0312. The van der Waals surface area contributed by atoms with E-state index in [2.05, 4.69) is 5.32 Å². The highest BCUT2D eigenvalue weighted by atomic mass is 19.1. The maximum atomic E-state index is 14.1. The second-order valence-electron chi connectivity index (χ2n) is 8.02. The zero-order valence-corrected chi connectivity index (χ0v) is 18.2. The first-order chi connectivity index (χ1) is 15.5. The van der Waals surface area contributed by atoms with Gasteiger partial charge in [0, 0.05) is 0 Å². The van der Waals surface area contributed by atoms with Crippen LogP contribution in [0.2, 0.25) is 0 Å². The van der Waals surface area contributed by atoms with Crippen LogP contribution in [-0.2, 0) is 9.53 Å². The summed E-state index contributed by atoms with van der Waals surface area (Å²) in [5.41, 5.74) is -0.598. The maximum absolute atomic E-state index is 14.1. The van der Waals surface area contributed by atoms with Crippen molar-refractivity contribution in [3.63, 3.8) is 0 Å². The molecule has 8 heteroatoms. The van der Waals surface area contributed by atoms with E-state index in [0.717, 1.165) is 19.3 Å². The van der Waals surface area contributed by atoms with Crippen LogP contribution in [-0.4, -0.2) is 49.3 Å². The summed E-state index contributed by atoms with van der Waals surface area (Å²) in [5, 5.41) is 2.62. The zero-order valence-electron chi connectivity index (χ0n) is 18.2. The Bertz CT molecular complexity index is 983. The van der Waals surface area contributed by atoms with Crippen molar-refractivity contribution in [2.45, 2.75) is 43.9 Å². The molecule has 2 aromatic carbocycles. The highest BCUT2D eigenvalue weighted by molar-refractivity contribution is 6.04. The number of nitrogens with one attached hydrogen (secondary N) is 1. The third kappa shape index (κ3) is 3.90. The number of anilines is 1. The molecule has 0 bridgehead atoms. The van der Waals surface area contributed by atoms with Crippen LogP contribution in [0.5, 0.6) is 11.5 Å². The molecule has 1 N–H and O–H groups in total. The van der Waals surface area contributed by atoms with E-state index in [1.165, 1.54) is 31.3 Å². The highest BCUT2D eigenvalue weighted by Gasteiger charge is 2.53. The van der Waals surface area contributed by atoms with Gasteiger partial charge in [-0.15, -0.1) is 0 Å². The van der Waals surface area contributed by atoms with Crippen molar-refractivity contribution in [3.05, 3.63) is 53.8 Å². The Balaban J connectivity index is 1.73. The van der Waals surface area contributed by atoms with E-state index in [0.29, 0.717) is 24.3 Å². The minimum atomic E-state index is -0.921. The van der Waals surface area contributed by atoms with Crippen molar-refractivity contribution in [2.75, 3.05) is 26.1 Å². The molecule has 2 fully saturated rings. The van der Waals surface area contributed by atoms with Crippen molar-refractivity contribution in [2.24, 2.45) is 0 Å². The van der Waals surface area contributed by atoms with Gasteiger partial charge in [0.25, 0.3) is 5.91 Å². The fourth-order valence-electron chi connectivity index (χ4n) is 4.63. The average Bonchev–Trinajstić information content (AvgIpc) is 3.18. The molecule has 1 saturated carbocycles. The van der Waals surface area contributed by atoms with E-state index in [1.807, 2.05) is 0 Å². The van der Waals surface area contributed by atoms with Gasteiger partial charge < -0.3 is 19.5 Å². The molecule has 170 valence electrons. The quantitative estimate of drug-likeness (QED) is 0.758. The Kier molecular flexibility index (Phi) is 6.32. The van der Waals surface area contributed by atoms with Gasteiger partial charge in [0.15, 0.2) is 0 Å². The van der Waals surface area contributed by atoms with E-state index in [-0.39, 0.29) is 17.9 Å². The fraction of sp³-hybridized carbons (Fsp3) is 0.417. The number of hydrogen-bond donors (Lipinski definition) is 1. The number of carbonyl (C=O) groups excluding carboxylic acids is 2. The van der Waals surface area contributed by atoms with Crippen LogP contribution < -0.4 is 14.8 Å². The topological polar surface area (TPSA) is 77.1 Å². The zero-order chi connectivity index (χ0) is 22.7. The lowest BCUT2D eigenvalue weighted by Crippen LogP contribution is -2.55. The first kappa shape index (κ1) is 22.1. The number of benzene rings is 2. The number of rotatable bonds is 5. The van der Waals surface area contributed by atoms with E-state index in [9.17, 15) is 14.0 Å². The van der Waals surface area contributed by atoms with Crippen LogP contribution in [0, 0.1) is 5.82 Å². The van der Waals surface area contributed by atoms with Gasteiger partial charge in [-0.05, 0) is 49.9 Å². The first-order valence-electron chi connectivity index (χ1n) is 10.7. The minimum absolute atomic E-state index is 0.0312. The molecule has 0 radical (unpaired) electrons. The molecule has 32 heavy (non-hydrogen) atoms. The first-order valence-corrected chi connectivity index (χ1v) is 10.7. The lowest BCUT2D eigenvalue weighted by molar-refractivity contribution is -0.122. The van der Waals surface area contributed by atoms with E-state index >= 15 is 0 Å². The number of hydrogen-bond acceptors (Lipinski definition) is 5. The summed E-state index contributed by atoms with van der Waals surface area (Å²) in [6.07, 6.45) is 4.06. The SMILES string of the molecule is COc1cccc(OC)c1C(=O)N1[C@H](C(=O)Nc2ccccc2F)COC12CCCCC2.